The highest BCUT2D eigenvalue weighted by Gasteiger charge is 2.35. The standard InChI is InChI=1S/C14H14O2/c1-8-13(15)11-6-9-4-2-3-5-10(9)7-12(11)14(8)16/h2-8,13-16H,1H3. The number of hydrogen-bond acceptors (Lipinski definition) is 2. The van der Waals surface area contributed by atoms with Crippen molar-refractivity contribution in [2.24, 2.45) is 5.92 Å². The average Bonchev–Trinajstić information content (AvgIpc) is 2.52. The Hall–Kier alpha value is -1.38. The van der Waals surface area contributed by atoms with E-state index in [0.717, 1.165) is 21.9 Å². The summed E-state index contributed by atoms with van der Waals surface area (Å²) >= 11 is 0. The Kier molecular flexibility index (Phi) is 2.03. The van der Waals surface area contributed by atoms with Gasteiger partial charge in [-0.25, -0.2) is 0 Å². The molecule has 2 nitrogen and oxygen atoms in total. The van der Waals surface area contributed by atoms with Crippen LogP contribution in [-0.4, -0.2) is 10.2 Å². The van der Waals surface area contributed by atoms with Gasteiger partial charge in [-0.15, -0.1) is 0 Å². The van der Waals surface area contributed by atoms with E-state index in [1.807, 2.05) is 43.3 Å². The third-order valence-electron chi connectivity index (χ3n) is 3.58. The van der Waals surface area contributed by atoms with Gasteiger partial charge in [0.1, 0.15) is 0 Å². The molecule has 1 aliphatic rings. The van der Waals surface area contributed by atoms with Crippen LogP contribution in [0.2, 0.25) is 0 Å². The van der Waals surface area contributed by atoms with E-state index in [2.05, 4.69) is 0 Å². The molecule has 2 aromatic carbocycles. The summed E-state index contributed by atoms with van der Waals surface area (Å²) in [6.45, 7) is 1.88. The quantitative estimate of drug-likeness (QED) is 0.707. The maximum absolute atomic E-state index is 10.0. The Labute approximate surface area is 94.2 Å². The summed E-state index contributed by atoms with van der Waals surface area (Å²) in [4.78, 5) is 0. The maximum Gasteiger partial charge on any atom is 0.0847 e. The van der Waals surface area contributed by atoms with Crippen LogP contribution >= 0.6 is 0 Å². The molecular formula is C14H14O2. The third-order valence-corrected chi connectivity index (χ3v) is 3.58. The van der Waals surface area contributed by atoms with Gasteiger partial charge in [0, 0.05) is 5.92 Å². The lowest BCUT2D eigenvalue weighted by molar-refractivity contribution is 0.0453. The molecule has 82 valence electrons. The molecule has 0 aliphatic heterocycles. The predicted molar refractivity (Wildman–Crippen MR) is 63.0 cm³/mol. The van der Waals surface area contributed by atoms with Crippen LogP contribution in [0.15, 0.2) is 36.4 Å². The highest BCUT2D eigenvalue weighted by atomic mass is 16.3. The van der Waals surface area contributed by atoms with Gasteiger partial charge in [-0.3, -0.25) is 0 Å². The molecule has 0 saturated heterocycles. The number of fused-ring (bicyclic) bond motifs is 2. The van der Waals surface area contributed by atoms with E-state index in [1.165, 1.54) is 0 Å². The summed E-state index contributed by atoms with van der Waals surface area (Å²) in [5, 5.41) is 22.3. The van der Waals surface area contributed by atoms with Crippen molar-refractivity contribution in [2.45, 2.75) is 19.1 Å². The number of hydrogen-bond donors (Lipinski definition) is 2. The van der Waals surface area contributed by atoms with Crippen LogP contribution in [0.4, 0.5) is 0 Å². The summed E-state index contributed by atoms with van der Waals surface area (Å²) in [5.41, 5.74) is 1.75. The molecule has 2 N–H and O–H groups in total. The van der Waals surface area contributed by atoms with Gasteiger partial charge in [0.05, 0.1) is 12.2 Å². The van der Waals surface area contributed by atoms with Crippen LogP contribution in [0.25, 0.3) is 10.8 Å². The van der Waals surface area contributed by atoms with Crippen LogP contribution in [0.5, 0.6) is 0 Å². The zero-order chi connectivity index (χ0) is 11.3. The summed E-state index contributed by atoms with van der Waals surface area (Å²) in [6, 6.07) is 12.0. The first kappa shape index (κ1) is 9.82. The first-order valence-corrected chi connectivity index (χ1v) is 5.57. The molecule has 2 unspecified atom stereocenters. The number of aliphatic hydroxyl groups excluding tert-OH is 2. The molecule has 2 heteroatoms. The topological polar surface area (TPSA) is 40.5 Å². The second kappa shape index (κ2) is 3.30. The molecule has 0 amide bonds. The second-order valence-corrected chi connectivity index (χ2v) is 4.58. The van der Waals surface area contributed by atoms with Crippen LogP contribution in [0.1, 0.15) is 30.3 Å². The molecule has 2 atom stereocenters. The van der Waals surface area contributed by atoms with Gasteiger partial charge in [-0.2, -0.15) is 0 Å². The van der Waals surface area contributed by atoms with Crippen molar-refractivity contribution in [3.63, 3.8) is 0 Å². The van der Waals surface area contributed by atoms with Gasteiger partial charge in [0.25, 0.3) is 0 Å². The third kappa shape index (κ3) is 1.20. The lowest BCUT2D eigenvalue weighted by atomic mass is 10.0. The molecule has 1 aliphatic carbocycles. The first-order chi connectivity index (χ1) is 7.68. The van der Waals surface area contributed by atoms with Gasteiger partial charge in [0.15, 0.2) is 0 Å². The molecule has 0 heterocycles. The summed E-state index contributed by atoms with van der Waals surface area (Å²) in [5.74, 6) is -0.119. The van der Waals surface area contributed by atoms with Gasteiger partial charge < -0.3 is 10.2 Å². The predicted octanol–water partition coefficient (Wildman–Crippen LogP) is 2.56. The van der Waals surface area contributed by atoms with Crippen molar-refractivity contribution in [3.8, 4) is 0 Å². The molecule has 0 bridgehead atoms. The van der Waals surface area contributed by atoms with Crippen molar-refractivity contribution in [1.29, 1.82) is 0 Å². The second-order valence-electron chi connectivity index (χ2n) is 4.58. The highest BCUT2D eigenvalue weighted by Crippen LogP contribution is 2.44. The molecule has 2 aromatic rings. The lowest BCUT2D eigenvalue weighted by Crippen LogP contribution is -2.06. The van der Waals surface area contributed by atoms with Crippen LogP contribution in [-0.2, 0) is 0 Å². The molecule has 0 aromatic heterocycles. The minimum absolute atomic E-state index is 0.119. The van der Waals surface area contributed by atoms with Gasteiger partial charge >= 0.3 is 0 Å². The molecule has 3 rings (SSSR count). The first-order valence-electron chi connectivity index (χ1n) is 5.57. The Morgan fingerprint density at radius 3 is 1.75 bits per heavy atom. The zero-order valence-corrected chi connectivity index (χ0v) is 9.09. The van der Waals surface area contributed by atoms with Gasteiger partial charge in [0.2, 0.25) is 0 Å². The van der Waals surface area contributed by atoms with Crippen LogP contribution in [0.3, 0.4) is 0 Å². The fraction of sp³-hybridized carbons (Fsp3) is 0.286. The SMILES string of the molecule is CC1C(O)c2cc3ccccc3cc2C1O. The summed E-state index contributed by atoms with van der Waals surface area (Å²) in [6.07, 6.45) is -1.09. The Morgan fingerprint density at radius 2 is 1.31 bits per heavy atom. The zero-order valence-electron chi connectivity index (χ0n) is 9.09. The monoisotopic (exact) mass is 214 g/mol. The van der Waals surface area contributed by atoms with Gasteiger partial charge in [-0.1, -0.05) is 31.2 Å². The lowest BCUT2D eigenvalue weighted by Gasteiger charge is -2.11. The summed E-state index contributed by atoms with van der Waals surface area (Å²) < 4.78 is 0. The van der Waals surface area contributed by atoms with E-state index in [1.54, 1.807) is 0 Å². The van der Waals surface area contributed by atoms with E-state index >= 15 is 0 Å². The normalized spacial score (nSPS) is 28.3. The van der Waals surface area contributed by atoms with Crippen LogP contribution < -0.4 is 0 Å². The fourth-order valence-electron chi connectivity index (χ4n) is 2.53. The molecular weight excluding hydrogens is 200 g/mol. The smallest absolute Gasteiger partial charge is 0.0847 e. The minimum Gasteiger partial charge on any atom is -0.388 e. The van der Waals surface area contributed by atoms with E-state index in [4.69, 9.17) is 0 Å². The van der Waals surface area contributed by atoms with Crippen molar-refractivity contribution in [3.05, 3.63) is 47.5 Å². The average molecular weight is 214 g/mol. The largest absolute Gasteiger partial charge is 0.388 e. The molecule has 0 saturated carbocycles. The Balaban J connectivity index is 2.29. The highest BCUT2D eigenvalue weighted by molar-refractivity contribution is 5.84. The number of benzene rings is 2. The molecule has 0 radical (unpaired) electrons. The fourth-order valence-corrected chi connectivity index (χ4v) is 2.53. The number of aliphatic hydroxyl groups is 2. The molecule has 16 heavy (non-hydrogen) atoms. The van der Waals surface area contributed by atoms with E-state index in [-0.39, 0.29) is 5.92 Å². The van der Waals surface area contributed by atoms with E-state index in [9.17, 15) is 10.2 Å². The van der Waals surface area contributed by atoms with Crippen molar-refractivity contribution >= 4 is 10.8 Å². The van der Waals surface area contributed by atoms with E-state index < -0.39 is 12.2 Å². The molecule has 0 spiro atoms. The van der Waals surface area contributed by atoms with Crippen LogP contribution in [0, 0.1) is 5.92 Å². The van der Waals surface area contributed by atoms with Crippen molar-refractivity contribution in [2.75, 3.05) is 0 Å². The number of rotatable bonds is 0. The summed E-state index contributed by atoms with van der Waals surface area (Å²) in [7, 11) is 0. The minimum atomic E-state index is -0.547. The van der Waals surface area contributed by atoms with Crippen molar-refractivity contribution < 1.29 is 10.2 Å². The van der Waals surface area contributed by atoms with E-state index in [0.29, 0.717) is 0 Å². The van der Waals surface area contributed by atoms with Crippen molar-refractivity contribution in [1.82, 2.24) is 0 Å². The Morgan fingerprint density at radius 1 is 0.875 bits per heavy atom. The maximum atomic E-state index is 10.0. The molecule has 0 fully saturated rings. The Bertz CT molecular complexity index is 499. The van der Waals surface area contributed by atoms with Gasteiger partial charge in [-0.05, 0) is 34.0 Å².